The van der Waals surface area contributed by atoms with Crippen LogP contribution in [0, 0.1) is 0 Å². The lowest BCUT2D eigenvalue weighted by Gasteiger charge is -2.04. The Hall–Kier alpha value is -4.14. The topological polar surface area (TPSA) is 138 Å². The van der Waals surface area contributed by atoms with E-state index in [0.29, 0.717) is 11.3 Å². The SMILES string of the molecule is O=C(O)c1ccc(/C=N/NC(=O)c2cnc(-c3ccccn3)nc2O)cc1. The number of amides is 1. The van der Waals surface area contributed by atoms with Gasteiger partial charge in [0.05, 0.1) is 11.8 Å². The summed E-state index contributed by atoms with van der Waals surface area (Å²) in [6.45, 7) is 0. The molecule has 0 aliphatic rings. The summed E-state index contributed by atoms with van der Waals surface area (Å²) in [5, 5.41) is 22.6. The molecule has 0 saturated heterocycles. The molecule has 3 rings (SSSR count). The van der Waals surface area contributed by atoms with Gasteiger partial charge in [-0.3, -0.25) is 9.78 Å². The van der Waals surface area contributed by atoms with Crippen LogP contribution in [0.3, 0.4) is 0 Å². The Morgan fingerprint density at radius 2 is 1.85 bits per heavy atom. The minimum Gasteiger partial charge on any atom is -0.493 e. The fraction of sp³-hybridized carbons (Fsp3) is 0. The molecule has 0 atom stereocenters. The lowest BCUT2D eigenvalue weighted by Crippen LogP contribution is -2.18. The normalized spacial score (nSPS) is 10.7. The summed E-state index contributed by atoms with van der Waals surface area (Å²) < 4.78 is 0. The van der Waals surface area contributed by atoms with Crippen LogP contribution < -0.4 is 5.43 Å². The van der Waals surface area contributed by atoms with Gasteiger partial charge in [0, 0.05) is 12.4 Å². The molecule has 0 unspecified atom stereocenters. The molecule has 0 spiro atoms. The smallest absolute Gasteiger partial charge is 0.335 e. The van der Waals surface area contributed by atoms with E-state index in [2.05, 4.69) is 25.5 Å². The molecule has 0 aliphatic carbocycles. The molecule has 2 heterocycles. The minimum absolute atomic E-state index is 0.145. The van der Waals surface area contributed by atoms with Crippen molar-refractivity contribution in [2.75, 3.05) is 0 Å². The zero-order valence-corrected chi connectivity index (χ0v) is 13.8. The average molecular weight is 363 g/mol. The maximum Gasteiger partial charge on any atom is 0.335 e. The van der Waals surface area contributed by atoms with E-state index >= 15 is 0 Å². The Morgan fingerprint density at radius 1 is 1.07 bits per heavy atom. The number of carboxylic acids is 1. The standard InChI is InChI=1S/C18H13N5O4/c24-16-13(10-20-15(22-16)14-3-1-2-8-19-14)17(25)23-21-9-11-4-6-12(7-5-11)18(26)27/h1-10H,(H,23,25)(H,26,27)(H,20,22,24)/b21-9+. The zero-order valence-electron chi connectivity index (χ0n) is 13.8. The number of carbonyl (C=O) groups excluding carboxylic acids is 1. The average Bonchev–Trinajstić information content (AvgIpc) is 2.69. The lowest BCUT2D eigenvalue weighted by molar-refractivity contribution is 0.0696. The Labute approximate surface area is 153 Å². The molecule has 134 valence electrons. The molecular formula is C18H13N5O4. The highest BCUT2D eigenvalue weighted by atomic mass is 16.4. The highest BCUT2D eigenvalue weighted by Gasteiger charge is 2.14. The van der Waals surface area contributed by atoms with Crippen molar-refractivity contribution >= 4 is 18.1 Å². The molecule has 3 aromatic rings. The van der Waals surface area contributed by atoms with Crippen molar-refractivity contribution in [1.29, 1.82) is 0 Å². The second-order valence-electron chi connectivity index (χ2n) is 5.27. The largest absolute Gasteiger partial charge is 0.493 e. The van der Waals surface area contributed by atoms with E-state index in [4.69, 9.17) is 5.11 Å². The number of aromatic carboxylic acids is 1. The second kappa shape index (κ2) is 7.83. The van der Waals surface area contributed by atoms with Crippen molar-refractivity contribution in [1.82, 2.24) is 20.4 Å². The van der Waals surface area contributed by atoms with Crippen LogP contribution in [0.5, 0.6) is 5.88 Å². The van der Waals surface area contributed by atoms with Crippen molar-refractivity contribution in [3.8, 4) is 17.4 Å². The molecule has 3 N–H and O–H groups in total. The third-order valence-corrected chi connectivity index (χ3v) is 3.44. The van der Waals surface area contributed by atoms with Gasteiger partial charge in [-0.15, -0.1) is 0 Å². The number of pyridine rings is 1. The van der Waals surface area contributed by atoms with E-state index in [1.54, 1.807) is 36.5 Å². The third-order valence-electron chi connectivity index (χ3n) is 3.44. The van der Waals surface area contributed by atoms with Crippen LogP contribution in [0.2, 0.25) is 0 Å². The van der Waals surface area contributed by atoms with E-state index in [1.165, 1.54) is 24.5 Å². The predicted molar refractivity (Wildman–Crippen MR) is 95.4 cm³/mol. The van der Waals surface area contributed by atoms with Crippen molar-refractivity contribution < 1.29 is 19.8 Å². The van der Waals surface area contributed by atoms with Gasteiger partial charge < -0.3 is 10.2 Å². The molecule has 9 nitrogen and oxygen atoms in total. The predicted octanol–water partition coefficient (Wildman–Crippen LogP) is 1.71. The molecule has 9 heteroatoms. The van der Waals surface area contributed by atoms with Crippen LogP contribution in [0.15, 0.2) is 60.0 Å². The van der Waals surface area contributed by atoms with Gasteiger partial charge in [-0.2, -0.15) is 10.1 Å². The van der Waals surface area contributed by atoms with Crippen LogP contribution in [0.4, 0.5) is 0 Å². The first-order valence-corrected chi connectivity index (χ1v) is 7.69. The van der Waals surface area contributed by atoms with Crippen LogP contribution in [-0.2, 0) is 0 Å². The van der Waals surface area contributed by atoms with E-state index in [0.717, 1.165) is 0 Å². The number of nitrogens with one attached hydrogen (secondary N) is 1. The Morgan fingerprint density at radius 3 is 2.48 bits per heavy atom. The van der Waals surface area contributed by atoms with Crippen LogP contribution in [0.25, 0.3) is 11.5 Å². The minimum atomic E-state index is -1.03. The summed E-state index contributed by atoms with van der Waals surface area (Å²) in [5.74, 6) is -2.04. The molecule has 2 aromatic heterocycles. The summed E-state index contributed by atoms with van der Waals surface area (Å²) in [5.41, 5.74) is 3.29. The van der Waals surface area contributed by atoms with Gasteiger partial charge in [-0.25, -0.2) is 15.2 Å². The summed E-state index contributed by atoms with van der Waals surface area (Å²) >= 11 is 0. The van der Waals surface area contributed by atoms with Crippen molar-refractivity contribution in [3.63, 3.8) is 0 Å². The van der Waals surface area contributed by atoms with Gasteiger partial charge in [-0.05, 0) is 29.8 Å². The molecular weight excluding hydrogens is 350 g/mol. The number of hydrogen-bond donors (Lipinski definition) is 3. The lowest BCUT2D eigenvalue weighted by atomic mass is 10.1. The molecule has 0 fully saturated rings. The maximum atomic E-state index is 12.1. The number of nitrogens with zero attached hydrogens (tertiary/aromatic N) is 4. The van der Waals surface area contributed by atoms with E-state index < -0.39 is 17.8 Å². The van der Waals surface area contributed by atoms with E-state index in [-0.39, 0.29) is 17.0 Å². The van der Waals surface area contributed by atoms with Crippen LogP contribution in [0.1, 0.15) is 26.3 Å². The number of aromatic hydroxyl groups is 1. The number of carbonyl (C=O) groups is 2. The van der Waals surface area contributed by atoms with Gasteiger partial charge in [-0.1, -0.05) is 18.2 Å². The number of rotatable bonds is 5. The highest BCUT2D eigenvalue weighted by Crippen LogP contribution is 2.18. The second-order valence-corrected chi connectivity index (χ2v) is 5.27. The summed E-state index contributed by atoms with van der Waals surface area (Å²) in [7, 11) is 0. The summed E-state index contributed by atoms with van der Waals surface area (Å²) in [6.07, 6.45) is 4.08. The zero-order chi connectivity index (χ0) is 19.2. The molecule has 1 aromatic carbocycles. The highest BCUT2D eigenvalue weighted by molar-refractivity contribution is 5.96. The quantitative estimate of drug-likeness (QED) is 0.463. The van der Waals surface area contributed by atoms with E-state index in [1.807, 2.05) is 0 Å². The van der Waals surface area contributed by atoms with Crippen LogP contribution in [-0.4, -0.2) is 43.3 Å². The summed E-state index contributed by atoms with van der Waals surface area (Å²) in [4.78, 5) is 34.8. The Kier molecular flexibility index (Phi) is 5.12. The number of benzene rings is 1. The molecule has 0 aliphatic heterocycles. The fourth-order valence-corrected chi connectivity index (χ4v) is 2.09. The number of hydrazone groups is 1. The molecule has 0 bridgehead atoms. The first kappa shape index (κ1) is 17.7. The molecule has 1 amide bonds. The number of aromatic nitrogens is 3. The third kappa shape index (κ3) is 4.28. The van der Waals surface area contributed by atoms with E-state index in [9.17, 15) is 14.7 Å². The monoisotopic (exact) mass is 363 g/mol. The number of carboxylic acid groups (broad SMARTS) is 1. The molecule has 0 radical (unpaired) electrons. The van der Waals surface area contributed by atoms with Gasteiger partial charge in [0.15, 0.2) is 5.82 Å². The Balaban J connectivity index is 1.68. The van der Waals surface area contributed by atoms with Crippen molar-refractivity contribution in [2.24, 2.45) is 5.10 Å². The fourth-order valence-electron chi connectivity index (χ4n) is 2.09. The molecule has 27 heavy (non-hydrogen) atoms. The van der Waals surface area contributed by atoms with Gasteiger partial charge in [0.2, 0.25) is 5.88 Å². The number of hydrogen-bond acceptors (Lipinski definition) is 7. The van der Waals surface area contributed by atoms with Crippen molar-refractivity contribution in [3.05, 3.63) is 71.5 Å². The maximum absolute atomic E-state index is 12.1. The first-order chi connectivity index (χ1) is 13.0. The Bertz CT molecular complexity index is 1000. The van der Waals surface area contributed by atoms with Gasteiger partial charge >= 0.3 is 5.97 Å². The molecule has 0 saturated carbocycles. The van der Waals surface area contributed by atoms with Gasteiger partial charge in [0.1, 0.15) is 11.3 Å². The van der Waals surface area contributed by atoms with Gasteiger partial charge in [0.25, 0.3) is 5.91 Å². The van der Waals surface area contributed by atoms with Crippen molar-refractivity contribution in [2.45, 2.75) is 0 Å². The summed E-state index contributed by atoms with van der Waals surface area (Å²) in [6, 6.07) is 11.1. The van der Waals surface area contributed by atoms with Crippen LogP contribution >= 0.6 is 0 Å². The first-order valence-electron chi connectivity index (χ1n) is 7.69.